The largest absolute Gasteiger partial charge is 2.00 e. The number of carboxylic acids is 2. The molecular weight excluding hydrogens is 645 g/mol. The molecule has 2 N–H and O–H groups in total. The minimum atomic E-state index is -1.25. The van der Waals surface area contributed by atoms with E-state index in [1.807, 2.05) is 0 Å². The van der Waals surface area contributed by atoms with Crippen LogP contribution in [0.1, 0.15) is 168 Å². The topological polar surface area (TPSA) is 138 Å². The van der Waals surface area contributed by atoms with Gasteiger partial charge in [0, 0.05) is 12.8 Å². The quantitative estimate of drug-likeness (QED) is 0.0440. The molecule has 0 heterocycles. The van der Waals surface area contributed by atoms with Crippen molar-refractivity contribution in [2.75, 3.05) is 13.1 Å². The van der Waals surface area contributed by atoms with E-state index in [-0.39, 0.29) is 62.6 Å². The van der Waals surface area contributed by atoms with Crippen LogP contribution in [0.3, 0.4) is 0 Å². The van der Waals surface area contributed by atoms with E-state index in [9.17, 15) is 29.4 Å². The average molecular weight is 713 g/mol. The molecule has 8 nitrogen and oxygen atoms in total. The summed E-state index contributed by atoms with van der Waals surface area (Å²) in [4.78, 5) is 42.9. The van der Waals surface area contributed by atoms with Crippen molar-refractivity contribution >= 4 is 61.5 Å². The molecule has 0 bridgehead atoms. The first-order valence-corrected chi connectivity index (χ1v) is 18.9. The third-order valence-corrected chi connectivity index (χ3v) is 7.57. The van der Waals surface area contributed by atoms with E-state index in [1.165, 1.54) is 77.0 Å². The average Bonchev–Trinajstić information content (AvgIpc) is 3.06. The molecule has 0 aliphatic carbocycles. The molecule has 0 aromatic rings. The minimum absolute atomic E-state index is 0. The maximum atomic E-state index is 11.3. The van der Waals surface area contributed by atoms with Gasteiger partial charge in [0.05, 0.1) is 25.0 Å². The van der Waals surface area contributed by atoms with Crippen molar-refractivity contribution in [2.24, 2.45) is 0 Å². The number of hydrogen-bond donors (Lipinski definition) is 2. The van der Waals surface area contributed by atoms with Gasteiger partial charge in [-0.2, -0.15) is 0 Å². The summed E-state index contributed by atoms with van der Waals surface area (Å²) in [5.74, 6) is -2.90. The van der Waals surface area contributed by atoms with Crippen molar-refractivity contribution in [1.29, 1.82) is 0 Å². The molecule has 0 saturated heterocycles. The standard InChI is InChI=1S/2C20H35NO3.Ca/c2*1-2-3-4-5-6-7-8-9-10-11-12-13-14-15-16-17-19(22)21-18-20(23)24;/h2*6-7,9-10H,2-5,8,11-18H2,1H3,(H,21,22)(H,23,24);/q;;+2/p-2/b2*7-6-,10-9-;. The van der Waals surface area contributed by atoms with Gasteiger partial charge in [-0.3, -0.25) is 9.59 Å². The van der Waals surface area contributed by atoms with Gasteiger partial charge in [0.2, 0.25) is 11.8 Å². The number of unbranched alkanes of at least 4 members (excludes halogenated alkanes) is 16. The molecule has 0 atom stereocenters. The Labute approximate surface area is 329 Å². The number of nitrogens with one attached hydrogen (secondary N) is 2. The normalized spacial score (nSPS) is 11.1. The second-order valence-electron chi connectivity index (χ2n) is 12.3. The molecule has 0 aliphatic rings. The van der Waals surface area contributed by atoms with Crippen LogP contribution in [0.4, 0.5) is 0 Å². The second kappa shape index (κ2) is 44.1. The molecule has 0 spiro atoms. The number of carbonyl (C=O) groups excluding carboxylic acids is 4. The molecule has 49 heavy (non-hydrogen) atoms. The van der Waals surface area contributed by atoms with Crippen molar-refractivity contribution in [2.45, 2.75) is 168 Å². The monoisotopic (exact) mass is 712 g/mol. The summed E-state index contributed by atoms with van der Waals surface area (Å²) in [5.41, 5.74) is 0. The van der Waals surface area contributed by atoms with E-state index < -0.39 is 11.9 Å². The number of rotatable bonds is 32. The van der Waals surface area contributed by atoms with E-state index in [0.29, 0.717) is 12.8 Å². The van der Waals surface area contributed by atoms with Gasteiger partial charge in [0.25, 0.3) is 0 Å². The Hall–Kier alpha value is -1.90. The molecule has 0 rings (SSSR count). The maximum absolute atomic E-state index is 11.3. The Morgan fingerprint density at radius 3 is 1.02 bits per heavy atom. The fourth-order valence-corrected chi connectivity index (χ4v) is 4.71. The van der Waals surface area contributed by atoms with Gasteiger partial charge in [0.15, 0.2) is 0 Å². The van der Waals surface area contributed by atoms with Gasteiger partial charge < -0.3 is 30.4 Å². The van der Waals surface area contributed by atoms with Crippen LogP contribution in [0.5, 0.6) is 0 Å². The summed E-state index contributed by atoms with van der Waals surface area (Å²) in [5, 5.41) is 25.0. The molecule has 0 saturated carbocycles. The summed E-state index contributed by atoms with van der Waals surface area (Å²) in [6.07, 6.45) is 44.0. The zero-order valence-electron chi connectivity index (χ0n) is 31.2. The summed E-state index contributed by atoms with van der Waals surface area (Å²) in [7, 11) is 0. The number of amides is 2. The van der Waals surface area contributed by atoms with Crippen LogP contribution >= 0.6 is 0 Å². The first kappa shape index (κ1) is 51.5. The van der Waals surface area contributed by atoms with E-state index in [1.54, 1.807) is 0 Å². The van der Waals surface area contributed by atoms with E-state index in [4.69, 9.17) is 0 Å². The number of hydrogen-bond acceptors (Lipinski definition) is 6. The zero-order valence-corrected chi connectivity index (χ0v) is 33.4. The van der Waals surface area contributed by atoms with Crippen LogP contribution in [-0.4, -0.2) is 74.6 Å². The first-order valence-electron chi connectivity index (χ1n) is 18.9. The third-order valence-electron chi connectivity index (χ3n) is 7.57. The first-order chi connectivity index (χ1) is 23.3. The minimum Gasteiger partial charge on any atom is -0.548 e. The molecule has 0 aliphatic heterocycles. The fraction of sp³-hybridized carbons (Fsp3) is 0.700. The molecule has 276 valence electrons. The molecule has 0 aromatic carbocycles. The van der Waals surface area contributed by atoms with Crippen molar-refractivity contribution in [3.8, 4) is 0 Å². The zero-order chi connectivity index (χ0) is 35.8. The fourth-order valence-electron chi connectivity index (χ4n) is 4.71. The van der Waals surface area contributed by atoms with Crippen LogP contribution in [0.25, 0.3) is 0 Å². The van der Waals surface area contributed by atoms with Gasteiger partial charge in [-0.15, -0.1) is 0 Å². The van der Waals surface area contributed by atoms with Crippen LogP contribution in [0.15, 0.2) is 48.6 Å². The summed E-state index contributed by atoms with van der Waals surface area (Å²) < 4.78 is 0. The van der Waals surface area contributed by atoms with E-state index in [0.717, 1.165) is 64.2 Å². The molecule has 0 fully saturated rings. The number of carbonyl (C=O) groups is 4. The molecule has 0 unspecified atom stereocenters. The molecular formula is C40H68CaN2O6. The Morgan fingerprint density at radius 2 is 0.714 bits per heavy atom. The molecule has 9 heteroatoms. The Morgan fingerprint density at radius 1 is 0.429 bits per heavy atom. The Kier molecular flexibility index (Phi) is 46.3. The van der Waals surface area contributed by atoms with Crippen molar-refractivity contribution in [1.82, 2.24) is 10.6 Å². The van der Waals surface area contributed by atoms with Gasteiger partial charge >= 0.3 is 37.7 Å². The smallest absolute Gasteiger partial charge is 0.548 e. The molecule has 0 radical (unpaired) electrons. The Bertz CT molecular complexity index is 829. The van der Waals surface area contributed by atoms with Gasteiger partial charge in [-0.1, -0.05) is 127 Å². The number of aliphatic carboxylic acids is 2. The summed E-state index contributed by atoms with van der Waals surface area (Å²) >= 11 is 0. The van der Waals surface area contributed by atoms with Crippen molar-refractivity contribution in [3.63, 3.8) is 0 Å². The van der Waals surface area contributed by atoms with Crippen molar-refractivity contribution < 1.29 is 29.4 Å². The van der Waals surface area contributed by atoms with Crippen LogP contribution in [0.2, 0.25) is 0 Å². The van der Waals surface area contributed by atoms with Gasteiger partial charge in [-0.25, -0.2) is 0 Å². The summed E-state index contributed by atoms with van der Waals surface area (Å²) in [6.45, 7) is 3.67. The van der Waals surface area contributed by atoms with Crippen LogP contribution in [0, 0.1) is 0 Å². The van der Waals surface area contributed by atoms with Gasteiger partial charge in [0.1, 0.15) is 0 Å². The predicted octanol–water partition coefficient (Wildman–Crippen LogP) is 6.95. The van der Waals surface area contributed by atoms with Crippen LogP contribution < -0.4 is 20.8 Å². The van der Waals surface area contributed by atoms with Crippen LogP contribution in [-0.2, 0) is 19.2 Å². The van der Waals surface area contributed by atoms with Crippen molar-refractivity contribution in [3.05, 3.63) is 48.6 Å². The predicted molar refractivity (Wildman–Crippen MR) is 201 cm³/mol. The SMILES string of the molecule is CCCCC/C=C\C/C=C\CCCCCCCC(=O)NCC(=O)[O-].CCCCC/C=C\C/C=C\CCCCCCCC(=O)NCC(=O)[O-].[Ca+2]. The maximum Gasteiger partial charge on any atom is 2.00 e. The van der Waals surface area contributed by atoms with E-state index in [2.05, 4.69) is 73.1 Å². The second-order valence-corrected chi connectivity index (χ2v) is 12.3. The number of allylic oxidation sites excluding steroid dienone is 8. The molecule has 2 amide bonds. The number of carboxylic acid groups (broad SMARTS) is 2. The van der Waals surface area contributed by atoms with E-state index >= 15 is 0 Å². The Balaban J connectivity index is -0.000000846. The van der Waals surface area contributed by atoms with Gasteiger partial charge in [-0.05, 0) is 77.0 Å². The molecule has 0 aromatic heterocycles. The summed E-state index contributed by atoms with van der Waals surface area (Å²) in [6, 6.07) is 0. The third kappa shape index (κ3) is 50.6.